The van der Waals surface area contributed by atoms with Crippen molar-refractivity contribution in [2.45, 2.75) is 77.0 Å². The van der Waals surface area contributed by atoms with Crippen LogP contribution in [0.3, 0.4) is 0 Å². The topological polar surface area (TPSA) is 121 Å². The molecule has 192 valence electrons. The molecule has 1 amide bonds. The van der Waals surface area contributed by atoms with Gasteiger partial charge in [0.15, 0.2) is 0 Å². The second-order valence-electron chi connectivity index (χ2n) is 10.5. The third kappa shape index (κ3) is 7.44. The lowest BCUT2D eigenvalue weighted by Crippen LogP contribution is -2.48. The van der Waals surface area contributed by atoms with Gasteiger partial charge in [-0.3, -0.25) is 9.59 Å². The van der Waals surface area contributed by atoms with Crippen LogP contribution in [0.5, 0.6) is 5.75 Å². The lowest BCUT2D eigenvalue weighted by atomic mass is 9.68. The third-order valence-corrected chi connectivity index (χ3v) is 8.25. The van der Waals surface area contributed by atoms with Crippen LogP contribution in [-0.4, -0.2) is 58.6 Å². The number of nitrogens with one attached hydrogen (secondary N) is 1. The summed E-state index contributed by atoms with van der Waals surface area (Å²) in [6, 6.07) is 7.68. The first kappa shape index (κ1) is 28.1. The molecule has 3 rings (SSSR count). The van der Waals surface area contributed by atoms with E-state index < -0.39 is 5.97 Å². The standard InChI is InChI=1S/C27H42N2O4.H2O/c1-20-19-29(17-14-27(20,2)22-10-6-11-23(30)18-22)16-13-24(21-8-4-3-5-9-21)26(33)28-15-7-12-25(31)32;/h6,10-11,18,20-21,24,30H,3-5,7-9,12-17,19H2,1-2H3,(H,28,33)(H,31,32);1H2. The van der Waals surface area contributed by atoms with Crippen molar-refractivity contribution < 1.29 is 25.3 Å². The van der Waals surface area contributed by atoms with Crippen molar-refractivity contribution in [3.63, 3.8) is 0 Å². The van der Waals surface area contributed by atoms with Gasteiger partial charge in [0.05, 0.1) is 0 Å². The van der Waals surface area contributed by atoms with Gasteiger partial charge >= 0.3 is 5.97 Å². The van der Waals surface area contributed by atoms with E-state index in [4.69, 9.17) is 5.11 Å². The van der Waals surface area contributed by atoms with E-state index in [0.29, 0.717) is 30.6 Å². The largest absolute Gasteiger partial charge is 0.508 e. The highest BCUT2D eigenvalue weighted by atomic mass is 16.4. The van der Waals surface area contributed by atoms with Crippen LogP contribution in [0, 0.1) is 17.8 Å². The highest BCUT2D eigenvalue weighted by Gasteiger charge is 2.38. The maximum absolute atomic E-state index is 13.0. The molecule has 1 heterocycles. The van der Waals surface area contributed by atoms with Crippen molar-refractivity contribution in [2.24, 2.45) is 17.8 Å². The summed E-state index contributed by atoms with van der Waals surface area (Å²) in [5.41, 5.74) is 1.25. The summed E-state index contributed by atoms with van der Waals surface area (Å²) in [6.45, 7) is 7.95. The smallest absolute Gasteiger partial charge is 0.303 e. The molecule has 7 heteroatoms. The minimum absolute atomic E-state index is 0. The summed E-state index contributed by atoms with van der Waals surface area (Å²) < 4.78 is 0. The minimum atomic E-state index is -0.815. The molecule has 2 aliphatic rings. The molecule has 0 bridgehead atoms. The van der Waals surface area contributed by atoms with Crippen molar-refractivity contribution in [1.82, 2.24) is 10.2 Å². The Morgan fingerprint density at radius 3 is 2.62 bits per heavy atom. The highest BCUT2D eigenvalue weighted by Crippen LogP contribution is 2.40. The summed E-state index contributed by atoms with van der Waals surface area (Å²) in [5.74, 6) is 0.536. The van der Waals surface area contributed by atoms with Crippen molar-refractivity contribution in [1.29, 1.82) is 0 Å². The molecular weight excluding hydrogens is 432 g/mol. The number of likely N-dealkylation sites (tertiary alicyclic amines) is 1. The van der Waals surface area contributed by atoms with Crippen molar-refractivity contribution >= 4 is 11.9 Å². The third-order valence-electron chi connectivity index (χ3n) is 8.25. The Hall–Kier alpha value is -2.12. The molecule has 1 saturated heterocycles. The number of carboxylic acid groups (broad SMARTS) is 1. The molecule has 2 fully saturated rings. The number of carbonyl (C=O) groups excluding carboxylic acids is 1. The van der Waals surface area contributed by atoms with E-state index in [1.54, 1.807) is 6.07 Å². The molecule has 34 heavy (non-hydrogen) atoms. The van der Waals surface area contributed by atoms with Crippen LogP contribution >= 0.6 is 0 Å². The Bertz CT molecular complexity index is 795. The van der Waals surface area contributed by atoms with Crippen LogP contribution in [-0.2, 0) is 15.0 Å². The van der Waals surface area contributed by atoms with E-state index in [0.717, 1.165) is 45.3 Å². The minimum Gasteiger partial charge on any atom is -0.508 e. The van der Waals surface area contributed by atoms with Gasteiger partial charge in [0.1, 0.15) is 5.75 Å². The van der Waals surface area contributed by atoms with Gasteiger partial charge in [0, 0.05) is 25.4 Å². The van der Waals surface area contributed by atoms with E-state index in [1.165, 1.54) is 24.8 Å². The Balaban J connectivity index is 0.00000408. The fraction of sp³-hybridized carbons (Fsp3) is 0.704. The van der Waals surface area contributed by atoms with Crippen LogP contribution in [0.2, 0.25) is 0 Å². The van der Waals surface area contributed by atoms with Gasteiger partial charge < -0.3 is 25.9 Å². The normalized spacial score (nSPS) is 24.7. The first-order valence-corrected chi connectivity index (χ1v) is 12.8. The number of nitrogens with zero attached hydrogens (tertiary/aromatic N) is 1. The average Bonchev–Trinajstić information content (AvgIpc) is 2.80. The van der Waals surface area contributed by atoms with Crippen LogP contribution in [0.25, 0.3) is 0 Å². The molecule has 0 radical (unpaired) electrons. The van der Waals surface area contributed by atoms with Gasteiger partial charge in [0.2, 0.25) is 5.91 Å². The van der Waals surface area contributed by atoms with Crippen molar-refractivity contribution in [3.05, 3.63) is 29.8 Å². The van der Waals surface area contributed by atoms with E-state index in [2.05, 4.69) is 30.1 Å². The predicted octanol–water partition coefficient (Wildman–Crippen LogP) is 3.73. The maximum Gasteiger partial charge on any atom is 0.303 e. The monoisotopic (exact) mass is 476 g/mol. The summed E-state index contributed by atoms with van der Waals surface area (Å²) >= 11 is 0. The molecule has 0 aromatic heterocycles. The molecule has 7 nitrogen and oxygen atoms in total. The number of amides is 1. The number of carbonyl (C=O) groups is 2. The Morgan fingerprint density at radius 1 is 1.24 bits per heavy atom. The van der Waals surface area contributed by atoms with Crippen LogP contribution < -0.4 is 5.32 Å². The van der Waals surface area contributed by atoms with E-state index in [1.807, 2.05) is 12.1 Å². The number of phenols is 1. The zero-order valence-electron chi connectivity index (χ0n) is 20.9. The van der Waals surface area contributed by atoms with Crippen molar-refractivity contribution in [2.75, 3.05) is 26.2 Å². The zero-order valence-corrected chi connectivity index (χ0v) is 20.9. The van der Waals surface area contributed by atoms with Crippen LogP contribution in [0.1, 0.15) is 77.2 Å². The fourth-order valence-corrected chi connectivity index (χ4v) is 5.83. The van der Waals surface area contributed by atoms with Gasteiger partial charge in [-0.1, -0.05) is 45.2 Å². The molecule has 1 aromatic rings. The Morgan fingerprint density at radius 2 is 1.97 bits per heavy atom. The van der Waals surface area contributed by atoms with Gasteiger partial charge in [-0.2, -0.15) is 0 Å². The number of aromatic hydroxyl groups is 1. The molecule has 1 aromatic carbocycles. The summed E-state index contributed by atoms with van der Waals surface area (Å²) in [4.78, 5) is 26.3. The quantitative estimate of drug-likeness (QED) is 0.444. The zero-order chi connectivity index (χ0) is 23.8. The number of piperidine rings is 1. The van der Waals surface area contributed by atoms with E-state index in [-0.39, 0.29) is 29.1 Å². The van der Waals surface area contributed by atoms with Gasteiger partial charge in [0.25, 0.3) is 0 Å². The molecule has 3 unspecified atom stereocenters. The number of phenolic OH excluding ortho intramolecular Hbond substituents is 1. The number of benzene rings is 1. The summed E-state index contributed by atoms with van der Waals surface area (Å²) in [5, 5.41) is 21.8. The van der Waals surface area contributed by atoms with Gasteiger partial charge in [-0.15, -0.1) is 0 Å². The molecule has 5 N–H and O–H groups in total. The van der Waals surface area contributed by atoms with Crippen LogP contribution in [0.4, 0.5) is 0 Å². The van der Waals surface area contributed by atoms with E-state index >= 15 is 0 Å². The summed E-state index contributed by atoms with van der Waals surface area (Å²) in [6.07, 6.45) is 8.40. The predicted molar refractivity (Wildman–Crippen MR) is 134 cm³/mol. The first-order chi connectivity index (χ1) is 15.8. The SMILES string of the molecule is CC1CN(CCC(C(=O)NCCCC(=O)O)C2CCCCC2)CCC1(C)c1cccc(O)c1.O. The number of aliphatic carboxylic acids is 1. The molecule has 1 saturated carbocycles. The Labute approximate surface area is 204 Å². The van der Waals surface area contributed by atoms with Gasteiger partial charge in [-0.05, 0) is 80.1 Å². The summed E-state index contributed by atoms with van der Waals surface area (Å²) in [7, 11) is 0. The molecule has 0 spiro atoms. The van der Waals surface area contributed by atoms with Crippen molar-refractivity contribution in [3.8, 4) is 5.75 Å². The highest BCUT2D eigenvalue weighted by molar-refractivity contribution is 5.79. The fourth-order valence-electron chi connectivity index (χ4n) is 5.83. The van der Waals surface area contributed by atoms with Gasteiger partial charge in [-0.25, -0.2) is 0 Å². The Kier molecular flexibility index (Phi) is 10.8. The second-order valence-corrected chi connectivity index (χ2v) is 10.5. The number of rotatable bonds is 10. The van der Waals surface area contributed by atoms with Crippen LogP contribution in [0.15, 0.2) is 24.3 Å². The van der Waals surface area contributed by atoms with E-state index in [9.17, 15) is 14.7 Å². The number of hydrogen-bond acceptors (Lipinski definition) is 4. The number of hydrogen-bond donors (Lipinski definition) is 3. The molecule has 1 aliphatic carbocycles. The number of carboxylic acids is 1. The first-order valence-electron chi connectivity index (χ1n) is 12.8. The molecule has 3 atom stereocenters. The lowest BCUT2D eigenvalue weighted by molar-refractivity contribution is -0.137. The average molecular weight is 477 g/mol. The molecule has 1 aliphatic heterocycles. The second kappa shape index (κ2) is 13.1. The molecular formula is C27H44N2O5. The lowest BCUT2D eigenvalue weighted by Gasteiger charge is -2.45. The maximum atomic E-state index is 13.0.